The van der Waals surface area contributed by atoms with Crippen LogP contribution in [-0.2, 0) is 4.74 Å². The molecule has 1 aromatic heterocycles. The van der Waals surface area contributed by atoms with E-state index >= 15 is 0 Å². The first-order valence-corrected chi connectivity index (χ1v) is 5.63. The van der Waals surface area contributed by atoms with Crippen molar-refractivity contribution in [2.45, 2.75) is 12.5 Å². The van der Waals surface area contributed by atoms with E-state index < -0.39 is 6.09 Å². The summed E-state index contributed by atoms with van der Waals surface area (Å²) in [4.78, 5) is 20.9. The highest BCUT2D eigenvalue weighted by atomic mass is 79.9. The molecule has 1 aliphatic heterocycles. The Morgan fingerprint density at radius 1 is 1.56 bits per heavy atom. The van der Waals surface area contributed by atoms with Gasteiger partial charge in [-0.15, -0.1) is 0 Å². The number of rotatable bonds is 2. The fraction of sp³-hybridized carbons (Fsp3) is 0.444. The van der Waals surface area contributed by atoms with Gasteiger partial charge in [0.2, 0.25) is 5.95 Å². The molecule has 0 saturated carbocycles. The van der Waals surface area contributed by atoms with Gasteiger partial charge in [-0.3, -0.25) is 0 Å². The molecule has 1 saturated heterocycles. The lowest BCUT2D eigenvalue weighted by molar-refractivity contribution is 0.117. The van der Waals surface area contributed by atoms with E-state index in [1.54, 1.807) is 12.4 Å². The number of halogens is 1. The van der Waals surface area contributed by atoms with Gasteiger partial charge in [0.1, 0.15) is 6.10 Å². The number of amides is 1. The number of nitrogens with zero attached hydrogens (tertiary/aromatic N) is 3. The fourth-order valence-corrected chi connectivity index (χ4v) is 1.84. The Hall–Kier alpha value is -1.37. The van der Waals surface area contributed by atoms with Crippen LogP contribution < -0.4 is 10.6 Å². The molecule has 0 spiro atoms. The summed E-state index contributed by atoms with van der Waals surface area (Å²) in [5.74, 6) is 0.638. The first-order chi connectivity index (χ1) is 7.65. The molecule has 16 heavy (non-hydrogen) atoms. The van der Waals surface area contributed by atoms with Crippen molar-refractivity contribution in [1.82, 2.24) is 9.97 Å². The molecule has 1 aliphatic rings. The number of hydrogen-bond acceptors (Lipinski definition) is 5. The van der Waals surface area contributed by atoms with Crippen LogP contribution in [0.5, 0.6) is 0 Å². The number of aromatic nitrogens is 2. The van der Waals surface area contributed by atoms with Gasteiger partial charge in [0, 0.05) is 25.4 Å². The molecule has 2 rings (SSSR count). The van der Waals surface area contributed by atoms with Crippen molar-refractivity contribution in [3.8, 4) is 0 Å². The molecule has 0 radical (unpaired) electrons. The van der Waals surface area contributed by atoms with Crippen LogP contribution in [0.1, 0.15) is 6.42 Å². The van der Waals surface area contributed by atoms with E-state index in [2.05, 4.69) is 25.9 Å². The Morgan fingerprint density at radius 3 is 2.88 bits per heavy atom. The molecule has 0 aromatic carbocycles. The van der Waals surface area contributed by atoms with E-state index in [1.807, 2.05) is 4.90 Å². The van der Waals surface area contributed by atoms with Crippen molar-refractivity contribution in [2.75, 3.05) is 18.0 Å². The van der Waals surface area contributed by atoms with Gasteiger partial charge in [-0.25, -0.2) is 14.8 Å². The zero-order valence-corrected chi connectivity index (χ0v) is 10.1. The van der Waals surface area contributed by atoms with Crippen LogP contribution in [0.3, 0.4) is 0 Å². The number of primary amides is 1. The van der Waals surface area contributed by atoms with E-state index in [0.717, 1.165) is 17.4 Å². The lowest BCUT2D eigenvalue weighted by Gasteiger charge is -2.15. The Labute approximate surface area is 101 Å². The molecule has 7 heteroatoms. The number of anilines is 1. The molecule has 1 fully saturated rings. The second-order valence-corrected chi connectivity index (χ2v) is 4.41. The second kappa shape index (κ2) is 4.65. The van der Waals surface area contributed by atoms with Crippen molar-refractivity contribution in [3.05, 3.63) is 16.9 Å². The summed E-state index contributed by atoms with van der Waals surface area (Å²) < 4.78 is 5.75. The van der Waals surface area contributed by atoms with Gasteiger partial charge in [0.05, 0.1) is 11.0 Å². The van der Waals surface area contributed by atoms with E-state index in [-0.39, 0.29) is 6.10 Å². The summed E-state index contributed by atoms with van der Waals surface area (Å²) in [6.07, 6.45) is 3.23. The van der Waals surface area contributed by atoms with Crippen LogP contribution in [0.4, 0.5) is 10.7 Å². The van der Waals surface area contributed by atoms with E-state index in [4.69, 9.17) is 10.5 Å². The van der Waals surface area contributed by atoms with Gasteiger partial charge >= 0.3 is 6.09 Å². The minimum Gasteiger partial charge on any atom is -0.444 e. The predicted octanol–water partition coefficient (Wildman–Crippen LogP) is 0.913. The van der Waals surface area contributed by atoms with E-state index in [9.17, 15) is 4.79 Å². The Kier molecular flexibility index (Phi) is 3.23. The molecular weight excluding hydrogens is 276 g/mol. The highest BCUT2D eigenvalue weighted by molar-refractivity contribution is 9.10. The zero-order valence-electron chi connectivity index (χ0n) is 8.47. The molecule has 1 unspecified atom stereocenters. The van der Waals surface area contributed by atoms with Crippen LogP contribution in [0.25, 0.3) is 0 Å². The first-order valence-electron chi connectivity index (χ1n) is 4.84. The van der Waals surface area contributed by atoms with Gasteiger partial charge in [0.15, 0.2) is 0 Å². The summed E-state index contributed by atoms with van der Waals surface area (Å²) in [5.41, 5.74) is 4.96. The fourth-order valence-electron chi connectivity index (χ4n) is 1.64. The molecule has 2 heterocycles. The van der Waals surface area contributed by atoms with Crippen LogP contribution in [0, 0.1) is 0 Å². The summed E-state index contributed by atoms with van der Waals surface area (Å²) in [6.45, 7) is 1.35. The van der Waals surface area contributed by atoms with Crippen LogP contribution >= 0.6 is 15.9 Å². The SMILES string of the molecule is NC(=O)OC1CCN(c2ncc(Br)cn2)C1. The third-order valence-electron chi connectivity index (χ3n) is 2.32. The maximum Gasteiger partial charge on any atom is 0.404 e. The lowest BCUT2D eigenvalue weighted by atomic mass is 10.3. The molecule has 1 aromatic rings. The van der Waals surface area contributed by atoms with Crippen molar-refractivity contribution in [3.63, 3.8) is 0 Å². The Bertz CT molecular complexity index is 384. The molecule has 1 amide bonds. The summed E-state index contributed by atoms with van der Waals surface area (Å²) in [5, 5.41) is 0. The number of nitrogens with two attached hydrogens (primary N) is 1. The van der Waals surface area contributed by atoms with Gasteiger partial charge in [-0.05, 0) is 15.9 Å². The maximum atomic E-state index is 10.6. The summed E-state index contributed by atoms with van der Waals surface area (Å²) in [7, 11) is 0. The van der Waals surface area contributed by atoms with E-state index in [0.29, 0.717) is 12.5 Å². The standard InChI is InChI=1S/C9H11BrN4O2/c10-6-3-12-9(13-4-6)14-2-1-7(5-14)16-8(11)15/h3-4,7H,1-2,5H2,(H2,11,15). The summed E-state index contributed by atoms with van der Waals surface area (Å²) >= 11 is 3.27. The predicted molar refractivity (Wildman–Crippen MR) is 61.0 cm³/mol. The molecule has 6 nitrogen and oxygen atoms in total. The number of ether oxygens (including phenoxy) is 1. The van der Waals surface area contributed by atoms with Crippen molar-refractivity contribution < 1.29 is 9.53 Å². The van der Waals surface area contributed by atoms with Crippen LogP contribution in [-0.4, -0.2) is 35.3 Å². The number of carbonyl (C=O) groups excluding carboxylic acids is 1. The first kappa shape index (κ1) is 11.1. The number of hydrogen-bond donors (Lipinski definition) is 1. The number of carbonyl (C=O) groups is 1. The van der Waals surface area contributed by atoms with Crippen LogP contribution in [0.2, 0.25) is 0 Å². The summed E-state index contributed by atoms with van der Waals surface area (Å²) in [6, 6.07) is 0. The third-order valence-corrected chi connectivity index (χ3v) is 2.73. The van der Waals surface area contributed by atoms with Gasteiger partial charge in [0.25, 0.3) is 0 Å². The lowest BCUT2D eigenvalue weighted by Crippen LogP contribution is -2.27. The Balaban J connectivity index is 1.98. The largest absolute Gasteiger partial charge is 0.444 e. The van der Waals surface area contributed by atoms with Gasteiger partial charge in [-0.2, -0.15) is 0 Å². The van der Waals surface area contributed by atoms with E-state index in [1.165, 1.54) is 0 Å². The smallest absolute Gasteiger partial charge is 0.404 e. The van der Waals surface area contributed by atoms with Crippen LogP contribution in [0.15, 0.2) is 16.9 Å². The quantitative estimate of drug-likeness (QED) is 0.874. The Morgan fingerprint density at radius 2 is 2.25 bits per heavy atom. The minimum atomic E-state index is -0.733. The molecule has 1 atom stereocenters. The molecule has 0 bridgehead atoms. The average molecular weight is 287 g/mol. The molecule has 2 N–H and O–H groups in total. The zero-order chi connectivity index (χ0) is 11.5. The second-order valence-electron chi connectivity index (χ2n) is 3.49. The molecule has 86 valence electrons. The third kappa shape index (κ3) is 2.60. The highest BCUT2D eigenvalue weighted by Gasteiger charge is 2.26. The average Bonchev–Trinajstić information content (AvgIpc) is 2.66. The highest BCUT2D eigenvalue weighted by Crippen LogP contribution is 2.18. The van der Waals surface area contributed by atoms with Crippen molar-refractivity contribution >= 4 is 28.0 Å². The van der Waals surface area contributed by atoms with Crippen molar-refractivity contribution in [2.24, 2.45) is 5.73 Å². The normalized spacial score (nSPS) is 19.8. The maximum absolute atomic E-state index is 10.6. The minimum absolute atomic E-state index is 0.162. The van der Waals surface area contributed by atoms with Gasteiger partial charge in [-0.1, -0.05) is 0 Å². The topological polar surface area (TPSA) is 81.3 Å². The molecular formula is C9H11BrN4O2. The van der Waals surface area contributed by atoms with Gasteiger partial charge < -0.3 is 15.4 Å². The van der Waals surface area contributed by atoms with Crippen molar-refractivity contribution in [1.29, 1.82) is 0 Å². The monoisotopic (exact) mass is 286 g/mol. The molecule has 0 aliphatic carbocycles.